The Balaban J connectivity index is 2.69. The first kappa shape index (κ1) is 14.2. The number of rotatable bonds is 2. The van der Waals surface area contributed by atoms with Crippen molar-refractivity contribution in [2.75, 3.05) is 20.8 Å². The number of nitrogens with one attached hydrogen (secondary N) is 1. The molecule has 1 aliphatic rings. The molecule has 0 aliphatic carbocycles. The molecule has 1 atom stereocenters. The number of hydrogen-bond acceptors (Lipinski definition) is 3. The second-order valence-electron chi connectivity index (χ2n) is 6.32. The third-order valence-corrected chi connectivity index (χ3v) is 3.88. The maximum atomic E-state index is 5.67. The Morgan fingerprint density at radius 1 is 1.21 bits per heavy atom. The van der Waals surface area contributed by atoms with Gasteiger partial charge in [-0.25, -0.2) is 0 Å². The molecule has 3 heteroatoms. The average molecular weight is 263 g/mol. The van der Waals surface area contributed by atoms with Crippen molar-refractivity contribution in [2.24, 2.45) is 5.41 Å². The monoisotopic (exact) mass is 263 g/mol. The molecule has 0 amide bonds. The summed E-state index contributed by atoms with van der Waals surface area (Å²) in [5.41, 5.74) is 3.85. The Labute approximate surface area is 116 Å². The van der Waals surface area contributed by atoms with Gasteiger partial charge in [0.25, 0.3) is 0 Å². The first-order valence-electron chi connectivity index (χ1n) is 6.88. The molecule has 1 aliphatic heterocycles. The molecule has 1 unspecified atom stereocenters. The zero-order valence-corrected chi connectivity index (χ0v) is 12.9. The molecule has 106 valence electrons. The lowest BCUT2D eigenvalue weighted by Gasteiger charge is -2.38. The Hall–Kier alpha value is -1.22. The molecule has 0 fully saturated rings. The number of hydrogen-bond donors (Lipinski definition) is 1. The normalized spacial score (nSPS) is 18.9. The van der Waals surface area contributed by atoms with Gasteiger partial charge in [0, 0.05) is 17.2 Å². The predicted molar refractivity (Wildman–Crippen MR) is 78.2 cm³/mol. The second-order valence-corrected chi connectivity index (χ2v) is 6.32. The minimum atomic E-state index is 0.140. The highest BCUT2D eigenvalue weighted by atomic mass is 16.5. The number of benzene rings is 1. The van der Waals surface area contributed by atoms with Crippen LogP contribution in [0.2, 0.25) is 0 Å². The molecule has 1 heterocycles. The van der Waals surface area contributed by atoms with Gasteiger partial charge in [0.2, 0.25) is 0 Å². The Morgan fingerprint density at radius 3 is 2.42 bits per heavy atom. The molecule has 0 saturated carbocycles. The highest BCUT2D eigenvalue weighted by molar-refractivity contribution is 5.56. The van der Waals surface area contributed by atoms with E-state index in [-0.39, 0.29) is 5.41 Å². The summed E-state index contributed by atoms with van der Waals surface area (Å²) < 4.78 is 11.2. The van der Waals surface area contributed by atoms with E-state index in [1.807, 2.05) is 0 Å². The molecule has 2 rings (SSSR count). The molecule has 0 radical (unpaired) electrons. The summed E-state index contributed by atoms with van der Waals surface area (Å²) in [5.74, 6) is 1.99. The van der Waals surface area contributed by atoms with Gasteiger partial charge in [-0.1, -0.05) is 20.8 Å². The Kier molecular flexibility index (Phi) is 3.77. The number of ether oxygens (including phenoxy) is 2. The van der Waals surface area contributed by atoms with Crippen LogP contribution in [-0.4, -0.2) is 20.8 Å². The highest BCUT2D eigenvalue weighted by Crippen LogP contribution is 2.45. The molecular formula is C16H25NO2. The molecule has 0 aromatic heterocycles. The standard InChI is InChI=1S/C16H25NO2/c1-10-9-12(18-5)11-7-8-17-15(16(2,3)4)13(11)14(10)19-6/h9,15,17H,7-8H2,1-6H3. The lowest BCUT2D eigenvalue weighted by atomic mass is 9.77. The minimum Gasteiger partial charge on any atom is -0.496 e. The summed E-state index contributed by atoms with van der Waals surface area (Å²) in [6, 6.07) is 2.38. The summed E-state index contributed by atoms with van der Waals surface area (Å²) in [5, 5.41) is 3.63. The first-order valence-corrected chi connectivity index (χ1v) is 6.88. The van der Waals surface area contributed by atoms with Crippen molar-refractivity contribution in [3.05, 3.63) is 22.8 Å². The van der Waals surface area contributed by atoms with Crippen LogP contribution in [0.5, 0.6) is 11.5 Å². The number of fused-ring (bicyclic) bond motifs is 1. The van der Waals surface area contributed by atoms with E-state index in [2.05, 4.69) is 39.1 Å². The van der Waals surface area contributed by atoms with E-state index in [1.165, 1.54) is 11.1 Å². The van der Waals surface area contributed by atoms with E-state index in [0.29, 0.717) is 6.04 Å². The Bertz CT molecular complexity index is 475. The van der Waals surface area contributed by atoms with Crippen molar-refractivity contribution in [1.82, 2.24) is 5.32 Å². The van der Waals surface area contributed by atoms with E-state index < -0.39 is 0 Å². The fourth-order valence-electron chi connectivity index (χ4n) is 3.03. The van der Waals surface area contributed by atoms with E-state index in [4.69, 9.17) is 9.47 Å². The highest BCUT2D eigenvalue weighted by Gasteiger charge is 2.35. The molecule has 19 heavy (non-hydrogen) atoms. The average Bonchev–Trinajstić information content (AvgIpc) is 2.36. The number of methoxy groups -OCH3 is 2. The lowest BCUT2D eigenvalue weighted by molar-refractivity contribution is 0.252. The van der Waals surface area contributed by atoms with Crippen LogP contribution >= 0.6 is 0 Å². The minimum absolute atomic E-state index is 0.140. The SMILES string of the molecule is COc1cc(C)c(OC)c2c1CCNC2C(C)(C)C. The van der Waals surface area contributed by atoms with Gasteiger partial charge in [-0.05, 0) is 36.9 Å². The van der Waals surface area contributed by atoms with Crippen LogP contribution in [0.15, 0.2) is 6.07 Å². The third kappa shape index (κ3) is 2.44. The maximum Gasteiger partial charge on any atom is 0.127 e. The molecule has 0 spiro atoms. The van der Waals surface area contributed by atoms with Crippen LogP contribution in [-0.2, 0) is 6.42 Å². The Morgan fingerprint density at radius 2 is 1.89 bits per heavy atom. The summed E-state index contributed by atoms with van der Waals surface area (Å²) in [6.45, 7) is 9.84. The van der Waals surface area contributed by atoms with Gasteiger partial charge in [-0.3, -0.25) is 0 Å². The zero-order valence-electron chi connectivity index (χ0n) is 12.9. The second kappa shape index (κ2) is 5.04. The topological polar surface area (TPSA) is 30.5 Å². The summed E-state index contributed by atoms with van der Waals surface area (Å²) in [4.78, 5) is 0. The zero-order chi connectivity index (χ0) is 14.2. The summed E-state index contributed by atoms with van der Waals surface area (Å²) in [6.07, 6.45) is 0.988. The molecule has 1 aromatic carbocycles. The van der Waals surface area contributed by atoms with Gasteiger partial charge in [-0.2, -0.15) is 0 Å². The van der Waals surface area contributed by atoms with Gasteiger partial charge in [-0.15, -0.1) is 0 Å². The number of aryl methyl sites for hydroxylation is 1. The van der Waals surface area contributed by atoms with Gasteiger partial charge in [0.05, 0.1) is 14.2 Å². The third-order valence-electron chi connectivity index (χ3n) is 3.88. The van der Waals surface area contributed by atoms with Crippen LogP contribution in [0.25, 0.3) is 0 Å². The molecule has 1 aromatic rings. The molecular weight excluding hydrogens is 238 g/mol. The van der Waals surface area contributed by atoms with Gasteiger partial charge >= 0.3 is 0 Å². The smallest absolute Gasteiger partial charge is 0.127 e. The van der Waals surface area contributed by atoms with E-state index in [1.54, 1.807) is 14.2 Å². The van der Waals surface area contributed by atoms with E-state index in [9.17, 15) is 0 Å². The van der Waals surface area contributed by atoms with Crippen LogP contribution < -0.4 is 14.8 Å². The van der Waals surface area contributed by atoms with Crippen molar-refractivity contribution < 1.29 is 9.47 Å². The largest absolute Gasteiger partial charge is 0.496 e. The first-order chi connectivity index (χ1) is 8.90. The van der Waals surface area contributed by atoms with Gasteiger partial charge < -0.3 is 14.8 Å². The van der Waals surface area contributed by atoms with Crippen LogP contribution in [0.3, 0.4) is 0 Å². The van der Waals surface area contributed by atoms with Gasteiger partial charge in [0.15, 0.2) is 0 Å². The molecule has 1 N–H and O–H groups in total. The fourth-order valence-corrected chi connectivity index (χ4v) is 3.03. The summed E-state index contributed by atoms with van der Waals surface area (Å²) in [7, 11) is 3.50. The maximum absolute atomic E-state index is 5.67. The fraction of sp³-hybridized carbons (Fsp3) is 0.625. The summed E-state index contributed by atoms with van der Waals surface area (Å²) >= 11 is 0. The van der Waals surface area contributed by atoms with Crippen molar-refractivity contribution in [3.63, 3.8) is 0 Å². The van der Waals surface area contributed by atoms with E-state index in [0.717, 1.165) is 30.0 Å². The van der Waals surface area contributed by atoms with Crippen LogP contribution in [0.1, 0.15) is 43.5 Å². The molecule has 3 nitrogen and oxygen atoms in total. The van der Waals surface area contributed by atoms with Crippen LogP contribution in [0.4, 0.5) is 0 Å². The lowest BCUT2D eigenvalue weighted by Crippen LogP contribution is -2.38. The van der Waals surface area contributed by atoms with Crippen molar-refractivity contribution in [3.8, 4) is 11.5 Å². The predicted octanol–water partition coefficient (Wildman–Crippen LogP) is 3.25. The van der Waals surface area contributed by atoms with Crippen molar-refractivity contribution in [2.45, 2.75) is 40.2 Å². The van der Waals surface area contributed by atoms with Crippen molar-refractivity contribution in [1.29, 1.82) is 0 Å². The van der Waals surface area contributed by atoms with Gasteiger partial charge in [0.1, 0.15) is 11.5 Å². The quantitative estimate of drug-likeness (QED) is 0.888. The van der Waals surface area contributed by atoms with E-state index >= 15 is 0 Å². The van der Waals surface area contributed by atoms with Crippen molar-refractivity contribution >= 4 is 0 Å². The van der Waals surface area contributed by atoms with Crippen LogP contribution in [0, 0.1) is 12.3 Å². The molecule has 0 bridgehead atoms. The molecule has 0 saturated heterocycles.